The molecule has 1 aliphatic heterocycles. The van der Waals surface area contributed by atoms with Crippen LogP contribution in [0.15, 0.2) is 12.4 Å². The number of nitrogens with zero attached hydrogens (tertiary/aromatic N) is 4. The fourth-order valence-electron chi connectivity index (χ4n) is 2.76. The van der Waals surface area contributed by atoms with Crippen LogP contribution in [0.4, 0.5) is 11.6 Å². The highest BCUT2D eigenvalue weighted by atomic mass is 15.3. The summed E-state index contributed by atoms with van der Waals surface area (Å²) >= 11 is 0. The number of rotatable bonds is 6. The minimum Gasteiger partial charge on any atom is -0.369 e. The van der Waals surface area contributed by atoms with Gasteiger partial charge in [-0.3, -0.25) is 9.88 Å². The van der Waals surface area contributed by atoms with E-state index in [1.807, 2.05) is 6.20 Å². The lowest BCUT2D eigenvalue weighted by Gasteiger charge is -2.26. The van der Waals surface area contributed by atoms with Gasteiger partial charge in [-0.25, -0.2) is 4.98 Å². The quantitative estimate of drug-likeness (QED) is 0.848. The Morgan fingerprint density at radius 3 is 2.79 bits per heavy atom. The second-order valence-corrected chi connectivity index (χ2v) is 4.90. The molecule has 19 heavy (non-hydrogen) atoms. The largest absolute Gasteiger partial charge is 0.369 e. The van der Waals surface area contributed by atoms with Gasteiger partial charge in [0, 0.05) is 25.7 Å². The van der Waals surface area contributed by atoms with E-state index in [0.717, 1.165) is 44.4 Å². The average molecular weight is 263 g/mol. The average Bonchev–Trinajstić information content (AvgIpc) is 2.91. The van der Waals surface area contributed by atoms with Crippen LogP contribution in [0.5, 0.6) is 0 Å². The number of aromatic nitrogens is 2. The van der Waals surface area contributed by atoms with Crippen molar-refractivity contribution >= 4 is 11.6 Å². The Labute approximate surface area is 116 Å². The molecule has 0 spiro atoms. The minimum absolute atomic E-state index is 0.652. The summed E-state index contributed by atoms with van der Waals surface area (Å²) < 4.78 is 0. The Bertz CT molecular complexity index is 391. The molecule has 5 nitrogen and oxygen atoms in total. The summed E-state index contributed by atoms with van der Waals surface area (Å²) in [5.74, 6) is 1.86. The molecule has 1 unspecified atom stereocenters. The van der Waals surface area contributed by atoms with Gasteiger partial charge in [0.2, 0.25) is 0 Å². The number of hydrogen-bond donors (Lipinski definition) is 1. The van der Waals surface area contributed by atoms with Crippen LogP contribution in [-0.4, -0.2) is 53.6 Å². The van der Waals surface area contributed by atoms with Crippen molar-refractivity contribution in [3.8, 4) is 0 Å². The monoisotopic (exact) mass is 263 g/mol. The first kappa shape index (κ1) is 14.1. The summed E-state index contributed by atoms with van der Waals surface area (Å²) in [6.45, 7) is 11.8. The van der Waals surface area contributed by atoms with E-state index in [1.54, 1.807) is 6.20 Å². The maximum atomic E-state index is 4.62. The lowest BCUT2D eigenvalue weighted by Crippen LogP contribution is -2.37. The Hall–Kier alpha value is -1.36. The highest BCUT2D eigenvalue weighted by molar-refractivity contribution is 5.44. The molecule has 1 aliphatic rings. The Kier molecular flexibility index (Phi) is 4.96. The fourth-order valence-corrected chi connectivity index (χ4v) is 2.76. The molecule has 0 radical (unpaired) electrons. The summed E-state index contributed by atoms with van der Waals surface area (Å²) in [7, 11) is 0. The Morgan fingerprint density at radius 1 is 1.32 bits per heavy atom. The standard InChI is InChI=1S/C14H25N5/c1-4-16-13-9-15-10-14(17-13)19-8-7-12(11-19)18(5-2)6-3/h9-10,12H,4-8,11H2,1-3H3,(H,16,17). The van der Waals surface area contributed by atoms with Crippen LogP contribution in [0, 0.1) is 0 Å². The molecule has 0 bridgehead atoms. The van der Waals surface area contributed by atoms with Gasteiger partial charge >= 0.3 is 0 Å². The predicted molar refractivity (Wildman–Crippen MR) is 79.7 cm³/mol. The van der Waals surface area contributed by atoms with Crippen molar-refractivity contribution in [2.45, 2.75) is 33.2 Å². The summed E-state index contributed by atoms with van der Waals surface area (Å²) in [4.78, 5) is 13.8. The zero-order valence-electron chi connectivity index (χ0n) is 12.3. The number of hydrogen-bond acceptors (Lipinski definition) is 5. The highest BCUT2D eigenvalue weighted by Gasteiger charge is 2.27. The van der Waals surface area contributed by atoms with Gasteiger partial charge in [-0.2, -0.15) is 0 Å². The van der Waals surface area contributed by atoms with Gasteiger partial charge < -0.3 is 10.2 Å². The fraction of sp³-hybridized carbons (Fsp3) is 0.714. The molecule has 0 saturated carbocycles. The number of likely N-dealkylation sites (N-methyl/N-ethyl adjacent to an activating group) is 1. The normalized spacial score (nSPS) is 19.2. The van der Waals surface area contributed by atoms with Gasteiger partial charge in [0.1, 0.15) is 11.6 Å². The molecule has 1 N–H and O–H groups in total. The van der Waals surface area contributed by atoms with Crippen LogP contribution in [0.1, 0.15) is 27.2 Å². The summed E-state index contributed by atoms with van der Waals surface area (Å²) in [5.41, 5.74) is 0. The highest BCUT2D eigenvalue weighted by Crippen LogP contribution is 2.21. The first-order valence-electron chi connectivity index (χ1n) is 7.33. The van der Waals surface area contributed by atoms with E-state index in [9.17, 15) is 0 Å². The van der Waals surface area contributed by atoms with Crippen LogP contribution in [0.25, 0.3) is 0 Å². The van der Waals surface area contributed by atoms with Crippen LogP contribution in [0.2, 0.25) is 0 Å². The molecule has 0 aromatic carbocycles. The Balaban J connectivity index is 2.02. The van der Waals surface area contributed by atoms with E-state index in [-0.39, 0.29) is 0 Å². The first-order chi connectivity index (χ1) is 9.28. The summed E-state index contributed by atoms with van der Waals surface area (Å²) in [6.07, 6.45) is 4.87. The molecule has 1 aromatic rings. The van der Waals surface area contributed by atoms with Crippen LogP contribution >= 0.6 is 0 Å². The molecule has 2 rings (SSSR count). The van der Waals surface area contributed by atoms with E-state index in [2.05, 4.69) is 45.9 Å². The molecule has 1 aromatic heterocycles. The third-order valence-electron chi connectivity index (χ3n) is 3.80. The number of nitrogens with one attached hydrogen (secondary N) is 1. The first-order valence-corrected chi connectivity index (χ1v) is 7.33. The lowest BCUT2D eigenvalue weighted by atomic mass is 10.2. The minimum atomic E-state index is 0.652. The van der Waals surface area contributed by atoms with Crippen molar-refractivity contribution in [2.24, 2.45) is 0 Å². The van der Waals surface area contributed by atoms with E-state index in [1.165, 1.54) is 6.42 Å². The van der Waals surface area contributed by atoms with Crippen LogP contribution in [0.3, 0.4) is 0 Å². The Morgan fingerprint density at radius 2 is 2.11 bits per heavy atom. The molecule has 0 aliphatic carbocycles. The molecular formula is C14H25N5. The van der Waals surface area contributed by atoms with Crippen molar-refractivity contribution in [2.75, 3.05) is 42.9 Å². The number of anilines is 2. The second kappa shape index (κ2) is 6.70. The molecule has 1 fully saturated rings. The predicted octanol–water partition coefficient (Wildman–Crippen LogP) is 1.83. The maximum absolute atomic E-state index is 4.62. The van der Waals surface area contributed by atoms with Crippen molar-refractivity contribution in [3.63, 3.8) is 0 Å². The van der Waals surface area contributed by atoms with E-state index < -0.39 is 0 Å². The molecule has 0 amide bonds. The van der Waals surface area contributed by atoms with Crippen LogP contribution < -0.4 is 10.2 Å². The maximum Gasteiger partial charge on any atom is 0.149 e. The smallest absolute Gasteiger partial charge is 0.149 e. The van der Waals surface area contributed by atoms with E-state index in [4.69, 9.17) is 0 Å². The van der Waals surface area contributed by atoms with E-state index >= 15 is 0 Å². The van der Waals surface area contributed by atoms with Gasteiger partial charge in [0.15, 0.2) is 0 Å². The van der Waals surface area contributed by atoms with Crippen molar-refractivity contribution in [1.82, 2.24) is 14.9 Å². The molecule has 2 heterocycles. The molecule has 1 atom stereocenters. The third kappa shape index (κ3) is 3.35. The summed E-state index contributed by atoms with van der Waals surface area (Å²) in [5, 5.41) is 3.22. The second-order valence-electron chi connectivity index (χ2n) is 4.90. The van der Waals surface area contributed by atoms with Crippen molar-refractivity contribution in [3.05, 3.63) is 12.4 Å². The van der Waals surface area contributed by atoms with Gasteiger partial charge in [-0.15, -0.1) is 0 Å². The molecule has 5 heteroatoms. The topological polar surface area (TPSA) is 44.3 Å². The zero-order valence-corrected chi connectivity index (χ0v) is 12.3. The third-order valence-corrected chi connectivity index (χ3v) is 3.80. The SMILES string of the molecule is CCNc1cncc(N2CCC(N(CC)CC)C2)n1. The van der Waals surface area contributed by atoms with Crippen molar-refractivity contribution < 1.29 is 0 Å². The lowest BCUT2D eigenvalue weighted by molar-refractivity contribution is 0.232. The van der Waals surface area contributed by atoms with Gasteiger partial charge in [0.05, 0.1) is 12.4 Å². The van der Waals surface area contributed by atoms with Gasteiger partial charge in [0.25, 0.3) is 0 Å². The van der Waals surface area contributed by atoms with E-state index in [0.29, 0.717) is 6.04 Å². The van der Waals surface area contributed by atoms with Crippen LogP contribution in [-0.2, 0) is 0 Å². The van der Waals surface area contributed by atoms with Gasteiger partial charge in [-0.05, 0) is 26.4 Å². The zero-order chi connectivity index (χ0) is 13.7. The molecule has 106 valence electrons. The molecule has 1 saturated heterocycles. The molecular weight excluding hydrogens is 238 g/mol. The summed E-state index contributed by atoms with van der Waals surface area (Å²) in [6, 6.07) is 0.652. The van der Waals surface area contributed by atoms with Gasteiger partial charge in [-0.1, -0.05) is 13.8 Å². The van der Waals surface area contributed by atoms with Crippen molar-refractivity contribution in [1.29, 1.82) is 0 Å².